The van der Waals surface area contributed by atoms with Crippen LogP contribution in [0.5, 0.6) is 0 Å². The van der Waals surface area contributed by atoms with Gasteiger partial charge in [0.15, 0.2) is 0 Å². The first-order valence-electron chi connectivity index (χ1n) is 5.72. The number of hydrogen-bond acceptors (Lipinski definition) is 2. The Morgan fingerprint density at radius 3 is 1.59 bits per heavy atom. The second-order valence-corrected chi connectivity index (χ2v) is 10.5. The van der Waals surface area contributed by atoms with E-state index in [-0.39, 0.29) is 0 Å². The summed E-state index contributed by atoms with van der Waals surface area (Å²) in [5.74, 6) is 0. The Bertz CT molecular complexity index is 411. The van der Waals surface area contributed by atoms with Gasteiger partial charge < -0.3 is 0 Å². The van der Waals surface area contributed by atoms with Crippen molar-refractivity contribution in [3.05, 3.63) is 48.8 Å². The average Bonchev–Trinajstić information content (AvgIpc) is 2.43. The fourth-order valence-electron chi connectivity index (χ4n) is 1.72. The van der Waals surface area contributed by atoms with Gasteiger partial charge in [-0.05, 0) is 0 Å². The molecule has 0 aliphatic heterocycles. The van der Waals surface area contributed by atoms with E-state index in [0.717, 1.165) is 9.79 Å². The summed E-state index contributed by atoms with van der Waals surface area (Å²) in [5.41, 5.74) is 0. The Morgan fingerprint density at radius 2 is 1.29 bits per heavy atom. The molecule has 3 heteroatoms. The molecule has 0 saturated carbocycles. The zero-order valence-electron chi connectivity index (χ0n) is 10.2. The van der Waals surface area contributed by atoms with Gasteiger partial charge in [-0.3, -0.25) is 0 Å². The summed E-state index contributed by atoms with van der Waals surface area (Å²) >= 11 is -1.85. The van der Waals surface area contributed by atoms with Crippen molar-refractivity contribution in [2.45, 2.75) is 23.6 Å². The normalized spacial score (nSPS) is 12.4. The summed E-state index contributed by atoms with van der Waals surface area (Å²) in [6, 6.07) is 12.5. The first-order chi connectivity index (χ1) is 8.33. The molecule has 0 unspecified atom stereocenters. The third kappa shape index (κ3) is 2.31. The van der Waals surface area contributed by atoms with Crippen LogP contribution in [0.4, 0.5) is 0 Å². The van der Waals surface area contributed by atoms with E-state index in [1.54, 1.807) is 0 Å². The van der Waals surface area contributed by atoms with Crippen molar-refractivity contribution in [3.63, 3.8) is 0 Å². The molecule has 0 fully saturated rings. The third-order valence-electron chi connectivity index (χ3n) is 2.60. The van der Waals surface area contributed by atoms with Gasteiger partial charge in [0, 0.05) is 0 Å². The molecule has 0 amide bonds. The molecule has 17 heavy (non-hydrogen) atoms. The van der Waals surface area contributed by atoms with Gasteiger partial charge in [0.1, 0.15) is 0 Å². The fourth-order valence-corrected chi connectivity index (χ4v) is 7.45. The SMILES string of the molecule is C[CH2][Pd]([CH2]C)([c]1ccccn1)[c]1ccccn1. The van der Waals surface area contributed by atoms with Crippen LogP contribution < -0.4 is 8.33 Å². The second kappa shape index (κ2) is 5.53. The van der Waals surface area contributed by atoms with E-state index in [9.17, 15) is 0 Å². The monoisotopic (exact) mass is 320 g/mol. The van der Waals surface area contributed by atoms with Gasteiger partial charge in [-0.15, -0.1) is 0 Å². The second-order valence-electron chi connectivity index (χ2n) is 3.37. The fraction of sp³-hybridized carbons (Fsp3) is 0.286. The van der Waals surface area contributed by atoms with Crippen molar-refractivity contribution in [1.82, 2.24) is 9.97 Å². The zero-order valence-corrected chi connectivity index (χ0v) is 11.8. The van der Waals surface area contributed by atoms with E-state index in [2.05, 4.69) is 48.1 Å². The van der Waals surface area contributed by atoms with Crippen LogP contribution >= 0.6 is 0 Å². The van der Waals surface area contributed by atoms with Crippen molar-refractivity contribution >= 4 is 8.33 Å². The number of nitrogens with zero attached hydrogens (tertiary/aromatic N) is 2. The molecule has 2 aromatic rings. The predicted octanol–water partition coefficient (Wildman–Crippen LogP) is 2.46. The molecule has 0 aromatic carbocycles. The maximum atomic E-state index is 4.60. The zero-order chi connectivity index (χ0) is 12.1. The Balaban J connectivity index is 2.54. The van der Waals surface area contributed by atoms with Gasteiger partial charge >= 0.3 is 106 Å². The van der Waals surface area contributed by atoms with Gasteiger partial charge in [-0.2, -0.15) is 0 Å². The van der Waals surface area contributed by atoms with Crippen molar-refractivity contribution in [2.75, 3.05) is 0 Å². The van der Waals surface area contributed by atoms with Crippen molar-refractivity contribution in [1.29, 1.82) is 0 Å². The molecule has 0 bridgehead atoms. The van der Waals surface area contributed by atoms with E-state index in [1.807, 2.05) is 24.5 Å². The van der Waals surface area contributed by atoms with Crippen molar-refractivity contribution in [3.8, 4) is 0 Å². The van der Waals surface area contributed by atoms with E-state index in [0.29, 0.717) is 0 Å². The molecule has 0 radical (unpaired) electrons. The third-order valence-corrected chi connectivity index (χ3v) is 10.3. The van der Waals surface area contributed by atoms with Crippen molar-refractivity contribution < 1.29 is 15.5 Å². The molecule has 0 aliphatic carbocycles. The summed E-state index contributed by atoms with van der Waals surface area (Å²) < 4.78 is 2.53. The topological polar surface area (TPSA) is 25.8 Å². The minimum atomic E-state index is -1.85. The molecule has 2 rings (SSSR count). The van der Waals surface area contributed by atoms with Gasteiger partial charge in [0.25, 0.3) is 0 Å². The van der Waals surface area contributed by atoms with E-state index in [1.165, 1.54) is 8.33 Å². The van der Waals surface area contributed by atoms with Gasteiger partial charge in [0.05, 0.1) is 0 Å². The van der Waals surface area contributed by atoms with Crippen LogP contribution in [-0.4, -0.2) is 9.97 Å². The van der Waals surface area contributed by atoms with Crippen LogP contribution in [0.2, 0.25) is 9.79 Å². The minimum absolute atomic E-state index is 1.16. The molecule has 94 valence electrons. The molecule has 0 aliphatic rings. The van der Waals surface area contributed by atoms with Gasteiger partial charge in [0.2, 0.25) is 0 Å². The number of aromatic nitrogens is 2. The first-order valence-corrected chi connectivity index (χ1v) is 9.47. The molecule has 0 atom stereocenters. The van der Waals surface area contributed by atoms with Crippen molar-refractivity contribution in [2.24, 2.45) is 0 Å². The Kier molecular flexibility index (Phi) is 4.04. The number of pyridine rings is 2. The summed E-state index contributed by atoms with van der Waals surface area (Å²) in [4.78, 5) is 11.5. The van der Waals surface area contributed by atoms with E-state index in [4.69, 9.17) is 0 Å². The molecular formula is C14H18N2Pd. The number of rotatable bonds is 4. The summed E-state index contributed by atoms with van der Waals surface area (Å²) in [6.07, 6.45) is 3.79. The van der Waals surface area contributed by atoms with Crippen LogP contribution in [0, 0.1) is 0 Å². The molecular weight excluding hydrogens is 303 g/mol. The predicted molar refractivity (Wildman–Crippen MR) is 68.7 cm³/mol. The summed E-state index contributed by atoms with van der Waals surface area (Å²) in [5, 5.41) is 0. The maximum absolute atomic E-state index is 4.60. The van der Waals surface area contributed by atoms with E-state index >= 15 is 0 Å². The van der Waals surface area contributed by atoms with Gasteiger partial charge in [-0.1, -0.05) is 0 Å². The van der Waals surface area contributed by atoms with Crippen LogP contribution in [0.25, 0.3) is 0 Å². The Labute approximate surface area is 106 Å². The first kappa shape index (κ1) is 12.4. The van der Waals surface area contributed by atoms with Crippen LogP contribution in [0.3, 0.4) is 0 Å². The van der Waals surface area contributed by atoms with Gasteiger partial charge in [-0.25, -0.2) is 0 Å². The standard InChI is InChI=1S/2C5H4N.2C2H5.Pd/c2*1-2-4-6-5-3-1;2*1-2;/h2*1-4H;2*1H2,2H3;. The molecule has 2 heterocycles. The number of hydrogen-bond donors (Lipinski definition) is 0. The van der Waals surface area contributed by atoms with Crippen LogP contribution in [0.15, 0.2) is 48.8 Å². The Hall–Kier alpha value is -1.04. The molecule has 0 spiro atoms. The molecule has 0 N–H and O–H groups in total. The molecule has 0 saturated heterocycles. The molecule has 2 aromatic heterocycles. The average molecular weight is 321 g/mol. The van der Waals surface area contributed by atoms with E-state index < -0.39 is 15.5 Å². The summed E-state index contributed by atoms with van der Waals surface area (Å²) in [7, 11) is 0. The molecule has 2 nitrogen and oxygen atoms in total. The Morgan fingerprint density at radius 1 is 0.824 bits per heavy atom. The summed E-state index contributed by atoms with van der Waals surface area (Å²) in [6.45, 7) is 4.54. The quantitative estimate of drug-likeness (QED) is 0.809. The van der Waals surface area contributed by atoms with Crippen LogP contribution in [0.1, 0.15) is 13.8 Å². The van der Waals surface area contributed by atoms with Crippen LogP contribution in [-0.2, 0) is 15.5 Å².